The summed E-state index contributed by atoms with van der Waals surface area (Å²) in [6.07, 6.45) is 1.55. The van der Waals surface area contributed by atoms with Crippen LogP contribution in [-0.4, -0.2) is 13.4 Å². The molecule has 0 aliphatic heterocycles. The molecule has 1 aromatic heterocycles. The summed E-state index contributed by atoms with van der Waals surface area (Å²) in [6, 6.07) is 8.62. The highest BCUT2D eigenvalue weighted by molar-refractivity contribution is 7.92. The van der Waals surface area contributed by atoms with Crippen LogP contribution >= 0.6 is 0 Å². The zero-order chi connectivity index (χ0) is 14.8. The molecule has 0 saturated heterocycles. The number of sulfonamides is 1. The Labute approximate surface area is 118 Å². The second kappa shape index (κ2) is 5.60. The average Bonchev–Trinajstić information content (AvgIpc) is 2.40. The molecule has 1 aromatic carbocycles. The molecule has 6 heteroatoms. The summed E-state index contributed by atoms with van der Waals surface area (Å²) in [5.74, 6) is 0.342. The number of benzene rings is 1. The van der Waals surface area contributed by atoms with Crippen molar-refractivity contribution in [3.05, 3.63) is 53.2 Å². The maximum Gasteiger partial charge on any atom is 0.263 e. The molecule has 0 unspecified atom stereocenters. The second-order valence-electron chi connectivity index (χ2n) is 4.58. The third-order valence-corrected chi connectivity index (χ3v) is 4.50. The van der Waals surface area contributed by atoms with Crippen molar-refractivity contribution in [3.63, 3.8) is 0 Å². The molecule has 2 aromatic rings. The third-order valence-electron chi connectivity index (χ3n) is 3.01. The summed E-state index contributed by atoms with van der Waals surface area (Å²) in [5, 5.41) is 0. The smallest absolute Gasteiger partial charge is 0.263 e. The van der Waals surface area contributed by atoms with Crippen molar-refractivity contribution in [1.29, 1.82) is 0 Å². The van der Waals surface area contributed by atoms with Crippen LogP contribution in [0.15, 0.2) is 41.4 Å². The molecule has 0 aliphatic carbocycles. The Kier molecular flexibility index (Phi) is 4.06. The number of anilines is 1. The van der Waals surface area contributed by atoms with E-state index in [4.69, 9.17) is 5.73 Å². The van der Waals surface area contributed by atoms with E-state index in [1.807, 2.05) is 0 Å². The fourth-order valence-electron chi connectivity index (χ4n) is 1.91. The van der Waals surface area contributed by atoms with Gasteiger partial charge < -0.3 is 5.73 Å². The molecule has 0 saturated carbocycles. The van der Waals surface area contributed by atoms with Crippen LogP contribution in [0.3, 0.4) is 0 Å². The Hall–Kier alpha value is -1.92. The van der Waals surface area contributed by atoms with Gasteiger partial charge in [-0.1, -0.05) is 18.2 Å². The minimum Gasteiger partial charge on any atom is -0.326 e. The standard InChI is InChI=1S/C14H17N3O2S/c1-10-4-3-7-16-14(10)17-20(18,19)13-6-5-12(9-15)8-11(13)2/h3-8H,9,15H2,1-2H3,(H,16,17). The zero-order valence-electron chi connectivity index (χ0n) is 11.4. The summed E-state index contributed by atoms with van der Waals surface area (Å²) < 4.78 is 27.3. The number of rotatable bonds is 4. The third kappa shape index (κ3) is 2.97. The van der Waals surface area contributed by atoms with E-state index in [1.165, 1.54) is 0 Å². The largest absolute Gasteiger partial charge is 0.326 e. The van der Waals surface area contributed by atoms with Gasteiger partial charge >= 0.3 is 0 Å². The Balaban J connectivity index is 2.39. The first-order valence-corrected chi connectivity index (χ1v) is 7.66. The molecule has 0 spiro atoms. The number of hydrogen-bond acceptors (Lipinski definition) is 4. The van der Waals surface area contributed by atoms with Gasteiger partial charge in [-0.25, -0.2) is 13.4 Å². The highest BCUT2D eigenvalue weighted by atomic mass is 32.2. The van der Waals surface area contributed by atoms with Gasteiger partial charge in [0.25, 0.3) is 10.0 Å². The molecule has 1 heterocycles. The number of aromatic nitrogens is 1. The predicted molar refractivity (Wildman–Crippen MR) is 78.9 cm³/mol. The molecule has 2 rings (SSSR count). The van der Waals surface area contributed by atoms with Gasteiger partial charge in [-0.2, -0.15) is 0 Å². The second-order valence-corrected chi connectivity index (χ2v) is 6.23. The van der Waals surface area contributed by atoms with Crippen LogP contribution in [0.1, 0.15) is 16.7 Å². The van der Waals surface area contributed by atoms with Gasteiger partial charge in [0, 0.05) is 12.7 Å². The average molecular weight is 291 g/mol. The van der Waals surface area contributed by atoms with Crippen molar-refractivity contribution < 1.29 is 8.42 Å². The van der Waals surface area contributed by atoms with Crippen molar-refractivity contribution in [2.75, 3.05) is 4.72 Å². The van der Waals surface area contributed by atoms with Crippen molar-refractivity contribution in [2.24, 2.45) is 5.73 Å². The van der Waals surface area contributed by atoms with E-state index >= 15 is 0 Å². The maximum atomic E-state index is 12.4. The van der Waals surface area contributed by atoms with Crippen molar-refractivity contribution in [3.8, 4) is 0 Å². The van der Waals surface area contributed by atoms with E-state index in [-0.39, 0.29) is 4.90 Å². The fraction of sp³-hybridized carbons (Fsp3) is 0.214. The Morgan fingerprint density at radius 3 is 2.55 bits per heavy atom. The molecular weight excluding hydrogens is 274 g/mol. The lowest BCUT2D eigenvalue weighted by molar-refractivity contribution is 0.600. The number of hydrogen-bond donors (Lipinski definition) is 2. The highest BCUT2D eigenvalue weighted by Gasteiger charge is 2.18. The molecule has 5 nitrogen and oxygen atoms in total. The van der Waals surface area contributed by atoms with Gasteiger partial charge in [0.1, 0.15) is 5.82 Å². The van der Waals surface area contributed by atoms with E-state index in [9.17, 15) is 8.42 Å². The molecular formula is C14H17N3O2S. The van der Waals surface area contributed by atoms with Gasteiger partial charge in [0.2, 0.25) is 0 Å². The van der Waals surface area contributed by atoms with E-state index in [2.05, 4.69) is 9.71 Å². The van der Waals surface area contributed by atoms with Crippen molar-refractivity contribution >= 4 is 15.8 Å². The van der Waals surface area contributed by atoms with Gasteiger partial charge in [0.15, 0.2) is 0 Å². The summed E-state index contributed by atoms with van der Waals surface area (Å²) >= 11 is 0. The van der Waals surface area contributed by atoms with Gasteiger partial charge in [-0.15, -0.1) is 0 Å². The van der Waals surface area contributed by atoms with Crippen LogP contribution < -0.4 is 10.5 Å². The van der Waals surface area contributed by atoms with Gasteiger partial charge in [-0.3, -0.25) is 4.72 Å². The molecule has 0 aliphatic rings. The Morgan fingerprint density at radius 1 is 1.20 bits per heavy atom. The van der Waals surface area contributed by atoms with Crippen LogP contribution in [0.25, 0.3) is 0 Å². The summed E-state index contributed by atoms with van der Waals surface area (Å²) in [7, 11) is -3.64. The molecule has 0 fully saturated rings. The van der Waals surface area contributed by atoms with Crippen LogP contribution in [0.2, 0.25) is 0 Å². The fourth-order valence-corrected chi connectivity index (χ4v) is 3.22. The highest BCUT2D eigenvalue weighted by Crippen LogP contribution is 2.20. The minimum atomic E-state index is -3.64. The predicted octanol–water partition coefficient (Wildman–Crippen LogP) is 1.96. The first-order chi connectivity index (χ1) is 9.44. The summed E-state index contributed by atoms with van der Waals surface area (Å²) in [5.41, 5.74) is 7.88. The van der Waals surface area contributed by atoms with E-state index in [0.29, 0.717) is 17.9 Å². The first-order valence-electron chi connectivity index (χ1n) is 6.18. The lowest BCUT2D eigenvalue weighted by Gasteiger charge is -2.12. The SMILES string of the molecule is Cc1cc(CN)ccc1S(=O)(=O)Nc1ncccc1C. The Morgan fingerprint density at radius 2 is 1.95 bits per heavy atom. The number of aryl methyl sites for hydroxylation is 2. The quantitative estimate of drug-likeness (QED) is 0.901. The van der Waals surface area contributed by atoms with Crippen LogP contribution in [-0.2, 0) is 16.6 Å². The maximum absolute atomic E-state index is 12.4. The Bertz CT molecular complexity index is 727. The van der Waals surface area contributed by atoms with Crippen LogP contribution in [0.4, 0.5) is 5.82 Å². The molecule has 106 valence electrons. The number of nitrogens with two attached hydrogens (primary N) is 1. The van der Waals surface area contributed by atoms with Gasteiger partial charge in [-0.05, 0) is 42.7 Å². The lowest BCUT2D eigenvalue weighted by Crippen LogP contribution is -2.16. The minimum absolute atomic E-state index is 0.236. The number of pyridine rings is 1. The normalized spacial score (nSPS) is 11.3. The molecule has 20 heavy (non-hydrogen) atoms. The monoisotopic (exact) mass is 291 g/mol. The summed E-state index contributed by atoms with van der Waals surface area (Å²) in [6.45, 7) is 3.93. The van der Waals surface area contributed by atoms with Crippen molar-refractivity contribution in [1.82, 2.24) is 4.98 Å². The van der Waals surface area contributed by atoms with Crippen molar-refractivity contribution in [2.45, 2.75) is 25.3 Å². The molecule has 0 bridgehead atoms. The molecule has 0 radical (unpaired) electrons. The molecule has 3 N–H and O–H groups in total. The lowest BCUT2D eigenvalue weighted by atomic mass is 10.1. The molecule has 0 amide bonds. The summed E-state index contributed by atoms with van der Waals surface area (Å²) in [4.78, 5) is 4.28. The van der Waals surface area contributed by atoms with Gasteiger partial charge in [0.05, 0.1) is 4.90 Å². The molecule has 0 atom stereocenters. The topological polar surface area (TPSA) is 85.1 Å². The van der Waals surface area contributed by atoms with E-state index < -0.39 is 10.0 Å². The van der Waals surface area contributed by atoms with E-state index in [0.717, 1.165) is 11.1 Å². The van der Waals surface area contributed by atoms with E-state index in [1.54, 1.807) is 50.4 Å². The zero-order valence-corrected chi connectivity index (χ0v) is 12.2. The first kappa shape index (κ1) is 14.5. The number of nitrogens with one attached hydrogen (secondary N) is 1. The van der Waals surface area contributed by atoms with Crippen LogP contribution in [0.5, 0.6) is 0 Å². The number of nitrogens with zero attached hydrogens (tertiary/aromatic N) is 1. The van der Waals surface area contributed by atoms with Crippen LogP contribution in [0, 0.1) is 13.8 Å².